The van der Waals surface area contributed by atoms with E-state index in [9.17, 15) is 4.39 Å². The summed E-state index contributed by atoms with van der Waals surface area (Å²) in [6.45, 7) is 4.07. The Morgan fingerprint density at radius 2 is 2.10 bits per heavy atom. The third kappa shape index (κ3) is 3.60. The molecule has 4 aromatic rings. The molecule has 0 amide bonds. The van der Waals surface area contributed by atoms with Gasteiger partial charge in [0, 0.05) is 29.1 Å². The Labute approximate surface area is 176 Å². The van der Waals surface area contributed by atoms with Gasteiger partial charge >= 0.3 is 0 Å². The van der Waals surface area contributed by atoms with Crippen molar-refractivity contribution in [2.24, 2.45) is 11.1 Å². The average molecular weight is 422 g/mol. The molecule has 0 bridgehead atoms. The highest BCUT2D eigenvalue weighted by Crippen LogP contribution is 2.32. The second kappa shape index (κ2) is 7.64. The monoisotopic (exact) mass is 422 g/mol. The number of pyridine rings is 1. The van der Waals surface area contributed by atoms with Crippen molar-refractivity contribution in [2.75, 3.05) is 6.61 Å². The molecular weight excluding hydrogens is 402 g/mol. The highest BCUT2D eigenvalue weighted by molar-refractivity contribution is 5.96. The van der Waals surface area contributed by atoms with Crippen molar-refractivity contribution in [3.63, 3.8) is 0 Å². The van der Waals surface area contributed by atoms with Crippen LogP contribution in [0.5, 0.6) is 0 Å². The molecule has 1 fully saturated rings. The van der Waals surface area contributed by atoms with Gasteiger partial charge in [0.05, 0.1) is 5.52 Å². The largest absolute Gasteiger partial charge is 0.395 e. The predicted octanol–water partition coefficient (Wildman–Crippen LogP) is 4.25. The van der Waals surface area contributed by atoms with Gasteiger partial charge in [-0.1, -0.05) is 12.1 Å². The van der Waals surface area contributed by atoms with E-state index in [-0.39, 0.29) is 16.5 Å². The highest BCUT2D eigenvalue weighted by atomic mass is 19.1. The molecule has 3 heterocycles. The van der Waals surface area contributed by atoms with E-state index in [0.29, 0.717) is 35.4 Å². The van der Waals surface area contributed by atoms with Gasteiger partial charge in [-0.15, -0.1) is 10.2 Å². The Hall–Kier alpha value is -3.49. The Morgan fingerprint density at radius 3 is 2.90 bits per heavy atom. The normalized spacial score (nSPS) is 15.5. The molecule has 3 aromatic heterocycles. The van der Waals surface area contributed by atoms with E-state index < -0.39 is 17.6 Å². The number of hydrogen-bond donors (Lipinski definition) is 0. The summed E-state index contributed by atoms with van der Waals surface area (Å²) in [7, 11) is 0. The van der Waals surface area contributed by atoms with Gasteiger partial charge in [0.25, 0.3) is 0 Å². The first-order chi connectivity index (χ1) is 15.0. The number of rotatable bonds is 6. The quantitative estimate of drug-likeness (QED) is 0.343. The first kappa shape index (κ1) is 19.5. The van der Waals surface area contributed by atoms with Crippen LogP contribution in [-0.2, 0) is 4.84 Å². The van der Waals surface area contributed by atoms with Crippen LogP contribution < -0.4 is 0 Å². The molecule has 158 valence electrons. The van der Waals surface area contributed by atoms with Crippen molar-refractivity contribution in [3.8, 4) is 0 Å². The average Bonchev–Trinajstić information content (AvgIpc) is 3.49. The molecule has 0 radical (unpaired) electrons. The number of benzene rings is 1. The minimum Gasteiger partial charge on any atom is -0.395 e. The van der Waals surface area contributed by atoms with E-state index in [1.165, 1.54) is 29.6 Å². The van der Waals surface area contributed by atoms with Crippen molar-refractivity contribution in [3.05, 3.63) is 65.2 Å². The zero-order valence-corrected chi connectivity index (χ0v) is 17.1. The van der Waals surface area contributed by atoms with Crippen LogP contribution in [0.1, 0.15) is 49.7 Å². The molecule has 0 saturated heterocycles. The molecule has 5 rings (SSSR count). The molecule has 1 aliphatic rings. The van der Waals surface area contributed by atoms with Gasteiger partial charge < -0.3 is 4.84 Å². The Bertz CT molecular complexity index is 1310. The molecule has 31 heavy (non-hydrogen) atoms. The summed E-state index contributed by atoms with van der Waals surface area (Å²) in [6.07, 6.45) is 3.86. The molecule has 1 aromatic carbocycles. The van der Waals surface area contributed by atoms with E-state index in [1.807, 2.05) is 0 Å². The zero-order chi connectivity index (χ0) is 21.5. The van der Waals surface area contributed by atoms with E-state index >= 15 is 4.39 Å². The van der Waals surface area contributed by atoms with Gasteiger partial charge in [-0.05, 0) is 49.9 Å². The molecule has 9 heteroatoms. The van der Waals surface area contributed by atoms with E-state index in [0.717, 1.165) is 0 Å². The van der Waals surface area contributed by atoms with Gasteiger partial charge in [0.1, 0.15) is 29.6 Å². The molecule has 1 aliphatic carbocycles. The summed E-state index contributed by atoms with van der Waals surface area (Å²) in [4.78, 5) is 9.42. The van der Waals surface area contributed by atoms with Gasteiger partial charge in [-0.3, -0.25) is 4.98 Å². The smallest absolute Gasteiger partial charge is 0.177 e. The first-order valence-electron chi connectivity index (χ1n) is 10.1. The second-order valence-electron chi connectivity index (χ2n) is 7.84. The van der Waals surface area contributed by atoms with Crippen molar-refractivity contribution in [2.45, 2.75) is 32.6 Å². The Morgan fingerprint density at radius 1 is 1.26 bits per heavy atom. The first-order valence-corrected chi connectivity index (χ1v) is 10.1. The maximum atomic E-state index is 15.2. The van der Waals surface area contributed by atoms with Crippen LogP contribution in [0, 0.1) is 17.6 Å². The van der Waals surface area contributed by atoms with Crippen molar-refractivity contribution < 1.29 is 13.6 Å². The molecular formula is C22H20F2N6O. The molecule has 1 saturated carbocycles. The van der Waals surface area contributed by atoms with Crippen LogP contribution in [0.25, 0.3) is 16.6 Å². The number of aromatic nitrogens is 5. The summed E-state index contributed by atoms with van der Waals surface area (Å²) < 4.78 is 31.5. The maximum Gasteiger partial charge on any atom is 0.177 e. The Balaban J connectivity index is 1.53. The summed E-state index contributed by atoms with van der Waals surface area (Å²) >= 11 is 0. The number of halogens is 2. The lowest BCUT2D eigenvalue weighted by Crippen LogP contribution is -2.11. The molecule has 7 nitrogen and oxygen atoms in total. The number of oxime groups is 1. The molecule has 0 aliphatic heterocycles. The van der Waals surface area contributed by atoms with Crippen molar-refractivity contribution in [1.82, 2.24) is 24.8 Å². The van der Waals surface area contributed by atoms with Crippen LogP contribution in [0.15, 0.2) is 41.7 Å². The summed E-state index contributed by atoms with van der Waals surface area (Å²) in [5.41, 5.74) is 1.81. The lowest BCUT2D eigenvalue weighted by atomic mass is 9.97. The van der Waals surface area contributed by atoms with Crippen LogP contribution in [0.2, 0.25) is 0 Å². The summed E-state index contributed by atoms with van der Waals surface area (Å²) in [5.74, 6) is -1.15. The lowest BCUT2D eigenvalue weighted by Gasteiger charge is -2.14. The van der Waals surface area contributed by atoms with Crippen molar-refractivity contribution in [1.29, 1.82) is 0 Å². The highest BCUT2D eigenvalue weighted by Gasteiger charge is 2.25. The van der Waals surface area contributed by atoms with Crippen LogP contribution in [-0.4, -0.2) is 37.1 Å². The number of nitrogens with zero attached hydrogens (tertiary/aromatic N) is 6. The topological polar surface area (TPSA) is 77.6 Å². The van der Waals surface area contributed by atoms with Gasteiger partial charge in [-0.2, -0.15) is 9.61 Å². The summed E-state index contributed by atoms with van der Waals surface area (Å²) in [6, 6.07) is 7.93. The third-order valence-corrected chi connectivity index (χ3v) is 5.52. The minimum atomic E-state index is -0.731. The second-order valence-corrected chi connectivity index (χ2v) is 7.84. The standard InChI is InChI=1S/C22H20F2N6O/c1-12(20-16(23)10-18-15(21(20)24)4-3-9-25-18)22-27-26-19-8-7-17(28-30(19)22)13(2)29-31-11-14-5-6-14/h3-4,7-10,12,14H,5-6,11H2,1-2H3/b29-13+. The molecule has 1 atom stereocenters. The SMILES string of the molecule is C/C(=N\OCC1CC1)c1ccc2nnc(C(C)c3c(F)cc4ncccc4c3F)n2n1. The van der Waals surface area contributed by atoms with Crippen LogP contribution in [0.4, 0.5) is 8.78 Å². The van der Waals surface area contributed by atoms with Crippen LogP contribution >= 0.6 is 0 Å². The van der Waals surface area contributed by atoms with Crippen LogP contribution in [0.3, 0.4) is 0 Å². The number of hydrogen-bond acceptors (Lipinski definition) is 6. The molecule has 1 unspecified atom stereocenters. The van der Waals surface area contributed by atoms with Crippen molar-refractivity contribution >= 4 is 22.3 Å². The molecule has 0 N–H and O–H groups in total. The van der Waals surface area contributed by atoms with E-state index in [1.54, 1.807) is 38.1 Å². The van der Waals surface area contributed by atoms with E-state index in [2.05, 4.69) is 25.4 Å². The lowest BCUT2D eigenvalue weighted by molar-refractivity contribution is 0.134. The van der Waals surface area contributed by atoms with Gasteiger partial charge in [-0.25, -0.2) is 8.78 Å². The zero-order valence-electron chi connectivity index (χ0n) is 17.1. The number of fused-ring (bicyclic) bond motifs is 2. The third-order valence-electron chi connectivity index (χ3n) is 5.52. The maximum absolute atomic E-state index is 15.2. The molecule has 0 spiro atoms. The minimum absolute atomic E-state index is 0.0971. The fraction of sp³-hybridized carbons (Fsp3) is 0.318. The van der Waals surface area contributed by atoms with Gasteiger partial charge in [0.15, 0.2) is 11.5 Å². The predicted molar refractivity (Wildman–Crippen MR) is 111 cm³/mol. The fourth-order valence-electron chi connectivity index (χ4n) is 3.53. The fourth-order valence-corrected chi connectivity index (χ4v) is 3.53. The van der Waals surface area contributed by atoms with E-state index in [4.69, 9.17) is 4.84 Å². The summed E-state index contributed by atoms with van der Waals surface area (Å²) in [5, 5.41) is 17.2. The van der Waals surface area contributed by atoms with Gasteiger partial charge in [0.2, 0.25) is 0 Å². The Kier molecular flexibility index (Phi) is 4.80.